The van der Waals surface area contributed by atoms with Gasteiger partial charge in [-0.05, 0) is 24.0 Å². The van der Waals surface area contributed by atoms with Crippen molar-refractivity contribution in [3.05, 3.63) is 53.0 Å². The van der Waals surface area contributed by atoms with Gasteiger partial charge < -0.3 is 5.32 Å². The molecule has 3 aromatic rings. The van der Waals surface area contributed by atoms with Crippen LogP contribution in [0.3, 0.4) is 0 Å². The molecule has 0 spiro atoms. The third kappa shape index (κ3) is 4.00. The van der Waals surface area contributed by atoms with E-state index >= 15 is 0 Å². The summed E-state index contributed by atoms with van der Waals surface area (Å²) in [6, 6.07) is 5.51. The van der Waals surface area contributed by atoms with Gasteiger partial charge in [-0.1, -0.05) is 24.8 Å². The van der Waals surface area contributed by atoms with Gasteiger partial charge in [0.2, 0.25) is 5.91 Å². The molecule has 25 heavy (non-hydrogen) atoms. The lowest BCUT2D eigenvalue weighted by Gasteiger charge is -2.08. The third-order valence-electron chi connectivity index (χ3n) is 3.25. The van der Waals surface area contributed by atoms with Crippen LogP contribution in [-0.4, -0.2) is 31.2 Å². The highest BCUT2D eigenvalue weighted by Gasteiger charge is 2.11. The highest BCUT2D eigenvalue weighted by molar-refractivity contribution is 7.99. The van der Waals surface area contributed by atoms with Crippen LogP contribution < -0.4 is 10.9 Å². The van der Waals surface area contributed by atoms with E-state index in [9.17, 15) is 14.0 Å². The number of aromatic nitrogens is 4. The molecule has 0 unspecified atom stereocenters. The Hall–Kier alpha value is -2.81. The minimum absolute atomic E-state index is 0.238. The number of nitrogens with zero attached hydrogens (tertiary/aromatic N) is 4. The number of hydrogen-bond donors (Lipinski definition) is 1. The molecule has 0 bridgehead atoms. The quantitative estimate of drug-likeness (QED) is 0.554. The van der Waals surface area contributed by atoms with Crippen LogP contribution in [0.4, 0.5) is 10.1 Å². The van der Waals surface area contributed by atoms with E-state index in [1.165, 1.54) is 42.5 Å². The van der Waals surface area contributed by atoms with Gasteiger partial charge in [0.05, 0.1) is 0 Å². The van der Waals surface area contributed by atoms with E-state index in [2.05, 4.69) is 20.3 Å². The van der Waals surface area contributed by atoms with Gasteiger partial charge in [0.25, 0.3) is 5.56 Å². The second kappa shape index (κ2) is 7.39. The first-order chi connectivity index (χ1) is 12.1. The smallest absolute Gasteiger partial charge is 0.264 e. The Morgan fingerprint density at radius 3 is 2.96 bits per heavy atom. The fraction of sp³-hybridized carbons (Fsp3) is 0.188. The van der Waals surface area contributed by atoms with Crippen LogP contribution in [0.15, 0.2) is 46.7 Å². The number of halogens is 1. The van der Waals surface area contributed by atoms with Crippen molar-refractivity contribution in [3.63, 3.8) is 0 Å². The fourth-order valence-electron chi connectivity index (χ4n) is 2.17. The van der Waals surface area contributed by atoms with Gasteiger partial charge in [0.1, 0.15) is 24.1 Å². The van der Waals surface area contributed by atoms with Gasteiger partial charge in [-0.3, -0.25) is 14.2 Å². The number of benzene rings is 1. The summed E-state index contributed by atoms with van der Waals surface area (Å²) in [7, 11) is 0. The van der Waals surface area contributed by atoms with Crippen LogP contribution in [0.5, 0.6) is 0 Å². The Bertz CT molecular complexity index is 992. The van der Waals surface area contributed by atoms with Crippen molar-refractivity contribution in [2.75, 3.05) is 11.1 Å². The highest BCUT2D eigenvalue weighted by Crippen LogP contribution is 2.13. The monoisotopic (exact) mass is 359 g/mol. The largest absolute Gasteiger partial charge is 0.324 e. The first-order valence-electron chi connectivity index (χ1n) is 7.47. The summed E-state index contributed by atoms with van der Waals surface area (Å²) in [6.45, 7) is 1.73. The SMILES string of the molecule is CCSc1ncc2c(=O)n(CC(=O)Nc3cccc(F)c3)cnc2n1. The first-order valence-corrected chi connectivity index (χ1v) is 8.46. The highest BCUT2D eigenvalue weighted by atomic mass is 32.2. The van der Waals surface area contributed by atoms with Crippen molar-refractivity contribution in [3.8, 4) is 0 Å². The number of carbonyl (C=O) groups is 1. The van der Waals surface area contributed by atoms with E-state index in [0.717, 1.165) is 10.3 Å². The Morgan fingerprint density at radius 2 is 2.20 bits per heavy atom. The molecule has 1 N–H and O–H groups in total. The minimum atomic E-state index is -0.465. The zero-order valence-electron chi connectivity index (χ0n) is 13.3. The van der Waals surface area contributed by atoms with E-state index in [1.54, 1.807) is 6.07 Å². The summed E-state index contributed by atoms with van der Waals surface area (Å²) < 4.78 is 14.3. The predicted molar refractivity (Wildman–Crippen MR) is 93.0 cm³/mol. The first kappa shape index (κ1) is 17.0. The molecule has 0 aliphatic heterocycles. The third-order valence-corrected chi connectivity index (χ3v) is 4.00. The van der Waals surface area contributed by atoms with Crippen LogP contribution in [-0.2, 0) is 11.3 Å². The van der Waals surface area contributed by atoms with Crippen LogP contribution >= 0.6 is 11.8 Å². The summed E-state index contributed by atoms with van der Waals surface area (Å²) in [5.41, 5.74) is 0.196. The normalized spacial score (nSPS) is 10.8. The number of anilines is 1. The molecule has 0 fully saturated rings. The van der Waals surface area contributed by atoms with Crippen molar-refractivity contribution < 1.29 is 9.18 Å². The standard InChI is InChI=1S/C16H14FN5O2S/c1-2-25-16-18-7-12-14(21-16)19-9-22(15(12)24)8-13(23)20-11-5-3-4-10(17)6-11/h3-7,9H,2,8H2,1H3,(H,20,23). The topological polar surface area (TPSA) is 89.8 Å². The summed E-state index contributed by atoms with van der Waals surface area (Å²) in [4.78, 5) is 36.9. The molecule has 3 rings (SSSR count). The molecular weight excluding hydrogens is 345 g/mol. The van der Waals surface area contributed by atoms with E-state index in [-0.39, 0.29) is 17.6 Å². The van der Waals surface area contributed by atoms with Crippen LogP contribution in [0.2, 0.25) is 0 Å². The maximum absolute atomic E-state index is 13.1. The lowest BCUT2D eigenvalue weighted by Crippen LogP contribution is -2.28. The summed E-state index contributed by atoms with van der Waals surface area (Å²) >= 11 is 1.45. The molecular formula is C16H14FN5O2S. The van der Waals surface area contributed by atoms with E-state index < -0.39 is 17.3 Å². The number of nitrogens with one attached hydrogen (secondary N) is 1. The molecule has 0 radical (unpaired) electrons. The Morgan fingerprint density at radius 1 is 1.36 bits per heavy atom. The van der Waals surface area contributed by atoms with Crippen molar-refractivity contribution in [1.29, 1.82) is 0 Å². The van der Waals surface area contributed by atoms with Gasteiger partial charge in [-0.25, -0.2) is 19.3 Å². The number of rotatable bonds is 5. The average Bonchev–Trinajstić information content (AvgIpc) is 2.58. The summed E-state index contributed by atoms with van der Waals surface area (Å²) in [5, 5.41) is 3.31. The molecule has 2 aromatic heterocycles. The van der Waals surface area contributed by atoms with E-state index in [0.29, 0.717) is 10.8 Å². The molecule has 1 amide bonds. The molecule has 0 aliphatic carbocycles. The number of carbonyl (C=O) groups excluding carboxylic acids is 1. The Labute approximate surface area is 146 Å². The molecule has 0 atom stereocenters. The number of fused-ring (bicyclic) bond motifs is 1. The zero-order chi connectivity index (χ0) is 17.8. The molecule has 0 aliphatic rings. The van der Waals surface area contributed by atoms with Gasteiger partial charge in [0, 0.05) is 11.9 Å². The summed E-state index contributed by atoms with van der Waals surface area (Å²) in [5.74, 6) is -0.115. The lowest BCUT2D eigenvalue weighted by molar-refractivity contribution is -0.116. The lowest BCUT2D eigenvalue weighted by atomic mass is 10.3. The number of thioether (sulfide) groups is 1. The van der Waals surface area contributed by atoms with E-state index in [1.807, 2.05) is 6.92 Å². The molecule has 0 saturated heterocycles. The average molecular weight is 359 g/mol. The van der Waals surface area contributed by atoms with Crippen molar-refractivity contribution in [2.24, 2.45) is 0 Å². The Balaban J connectivity index is 1.81. The molecule has 9 heteroatoms. The van der Waals surface area contributed by atoms with Gasteiger partial charge in [0.15, 0.2) is 10.8 Å². The second-order valence-electron chi connectivity index (χ2n) is 5.06. The Kier molecular flexibility index (Phi) is 5.03. The maximum atomic E-state index is 13.1. The van der Waals surface area contributed by atoms with Gasteiger partial charge in [-0.2, -0.15) is 0 Å². The van der Waals surface area contributed by atoms with Crippen LogP contribution in [0.25, 0.3) is 11.0 Å². The van der Waals surface area contributed by atoms with Crippen LogP contribution in [0, 0.1) is 5.82 Å². The minimum Gasteiger partial charge on any atom is -0.324 e. The molecule has 7 nitrogen and oxygen atoms in total. The maximum Gasteiger partial charge on any atom is 0.264 e. The van der Waals surface area contributed by atoms with Gasteiger partial charge >= 0.3 is 0 Å². The van der Waals surface area contributed by atoms with Crippen LogP contribution in [0.1, 0.15) is 6.92 Å². The summed E-state index contributed by atoms with van der Waals surface area (Å²) in [6.07, 6.45) is 2.68. The number of hydrogen-bond acceptors (Lipinski definition) is 6. The fourth-order valence-corrected chi connectivity index (χ4v) is 2.71. The molecule has 1 aromatic carbocycles. The molecule has 128 valence electrons. The molecule has 2 heterocycles. The second-order valence-corrected chi connectivity index (χ2v) is 6.29. The van der Waals surface area contributed by atoms with Crippen molar-refractivity contribution >= 4 is 34.4 Å². The zero-order valence-corrected chi connectivity index (χ0v) is 14.1. The molecule has 0 saturated carbocycles. The van der Waals surface area contributed by atoms with E-state index in [4.69, 9.17) is 0 Å². The van der Waals surface area contributed by atoms with Crippen molar-refractivity contribution in [2.45, 2.75) is 18.6 Å². The van der Waals surface area contributed by atoms with Gasteiger partial charge in [-0.15, -0.1) is 0 Å². The number of amides is 1. The van der Waals surface area contributed by atoms with Crippen molar-refractivity contribution in [1.82, 2.24) is 19.5 Å². The predicted octanol–water partition coefficient (Wildman–Crippen LogP) is 2.08.